The molecule has 130 valence electrons. The third-order valence-corrected chi connectivity index (χ3v) is 3.68. The van der Waals surface area contributed by atoms with Crippen molar-refractivity contribution in [1.29, 1.82) is 0 Å². The lowest BCUT2D eigenvalue weighted by molar-refractivity contribution is -0.145. The summed E-state index contributed by atoms with van der Waals surface area (Å²) in [5, 5.41) is 3.18. The van der Waals surface area contributed by atoms with E-state index in [0.29, 0.717) is 16.3 Å². The molecule has 0 heterocycles. The molecule has 1 atom stereocenters. The number of ketones is 1. The van der Waals surface area contributed by atoms with Crippen LogP contribution in [0, 0.1) is 0 Å². The lowest BCUT2D eigenvalue weighted by Gasteiger charge is -2.12. The Morgan fingerprint density at radius 2 is 1.64 bits per heavy atom. The van der Waals surface area contributed by atoms with Gasteiger partial charge in [-0.3, -0.25) is 14.4 Å². The second-order valence-corrected chi connectivity index (χ2v) is 5.99. The Labute approximate surface area is 150 Å². The van der Waals surface area contributed by atoms with Crippen LogP contribution in [-0.4, -0.2) is 23.8 Å². The van der Waals surface area contributed by atoms with E-state index in [0.717, 1.165) is 5.56 Å². The minimum Gasteiger partial charge on any atom is -0.454 e. The molecule has 0 saturated heterocycles. The van der Waals surface area contributed by atoms with Crippen molar-refractivity contribution in [3.8, 4) is 0 Å². The van der Waals surface area contributed by atoms with Gasteiger partial charge in [-0.05, 0) is 48.9 Å². The van der Waals surface area contributed by atoms with Crippen molar-refractivity contribution in [2.45, 2.75) is 26.4 Å². The van der Waals surface area contributed by atoms with E-state index >= 15 is 0 Å². The summed E-state index contributed by atoms with van der Waals surface area (Å²) < 4.78 is 5.20. The average molecular weight is 360 g/mol. The molecule has 2 aromatic rings. The second kappa shape index (κ2) is 8.44. The van der Waals surface area contributed by atoms with Crippen molar-refractivity contribution < 1.29 is 19.1 Å². The highest BCUT2D eigenvalue weighted by molar-refractivity contribution is 6.30. The number of benzene rings is 2. The zero-order valence-corrected chi connectivity index (χ0v) is 14.7. The van der Waals surface area contributed by atoms with Crippen LogP contribution in [0.2, 0.25) is 5.02 Å². The van der Waals surface area contributed by atoms with E-state index in [1.807, 2.05) is 0 Å². The molecule has 0 bridgehead atoms. The normalized spacial score (nSPS) is 11.5. The number of ether oxygens (including phenoxy) is 1. The van der Waals surface area contributed by atoms with Gasteiger partial charge in [-0.25, -0.2) is 0 Å². The number of Topliss-reactive ketones (excluding diaryl/α,β-unsaturated/α-hetero) is 1. The molecular formula is C19H18ClNO4. The number of halogens is 1. The molecule has 0 aliphatic rings. The van der Waals surface area contributed by atoms with Gasteiger partial charge in [0.2, 0.25) is 11.7 Å². The number of anilines is 1. The summed E-state index contributed by atoms with van der Waals surface area (Å²) in [5.41, 5.74) is 1.81. The molecule has 0 fully saturated rings. The van der Waals surface area contributed by atoms with E-state index < -0.39 is 12.1 Å². The summed E-state index contributed by atoms with van der Waals surface area (Å²) in [6, 6.07) is 13.3. The van der Waals surface area contributed by atoms with Gasteiger partial charge in [-0.15, -0.1) is 0 Å². The Kier molecular flexibility index (Phi) is 6.31. The van der Waals surface area contributed by atoms with Crippen LogP contribution in [0.5, 0.6) is 0 Å². The molecule has 2 aromatic carbocycles. The molecular weight excluding hydrogens is 342 g/mol. The predicted molar refractivity (Wildman–Crippen MR) is 95.8 cm³/mol. The lowest BCUT2D eigenvalue weighted by atomic mass is 10.1. The Balaban J connectivity index is 1.91. The SMILES string of the molecule is CC(=O)Nc1ccc(CC(=O)O[C@H](C)C(=O)c2ccc(Cl)cc2)cc1. The minimum atomic E-state index is -0.882. The van der Waals surface area contributed by atoms with Crippen LogP contribution in [0.15, 0.2) is 48.5 Å². The summed E-state index contributed by atoms with van der Waals surface area (Å²) >= 11 is 5.79. The van der Waals surface area contributed by atoms with E-state index in [1.165, 1.54) is 13.8 Å². The molecule has 2 rings (SSSR count). The molecule has 1 amide bonds. The Hall–Kier alpha value is -2.66. The lowest BCUT2D eigenvalue weighted by Crippen LogP contribution is -2.25. The Morgan fingerprint density at radius 1 is 1.04 bits per heavy atom. The Morgan fingerprint density at radius 3 is 2.20 bits per heavy atom. The quantitative estimate of drug-likeness (QED) is 0.631. The first kappa shape index (κ1) is 18.7. The maximum Gasteiger partial charge on any atom is 0.310 e. The fraction of sp³-hybridized carbons (Fsp3) is 0.211. The van der Waals surface area contributed by atoms with E-state index in [-0.39, 0.29) is 18.1 Å². The first-order chi connectivity index (χ1) is 11.8. The highest BCUT2D eigenvalue weighted by Crippen LogP contribution is 2.14. The molecule has 0 aromatic heterocycles. The molecule has 5 nitrogen and oxygen atoms in total. The fourth-order valence-corrected chi connectivity index (χ4v) is 2.34. The maximum atomic E-state index is 12.2. The summed E-state index contributed by atoms with van der Waals surface area (Å²) in [7, 11) is 0. The average Bonchev–Trinajstić information content (AvgIpc) is 2.56. The van der Waals surface area contributed by atoms with Crippen LogP contribution in [0.3, 0.4) is 0 Å². The van der Waals surface area contributed by atoms with Gasteiger partial charge in [0.15, 0.2) is 6.10 Å². The molecule has 0 saturated carbocycles. The van der Waals surface area contributed by atoms with Gasteiger partial charge in [-0.2, -0.15) is 0 Å². The number of hydrogen-bond acceptors (Lipinski definition) is 4. The van der Waals surface area contributed by atoms with Gasteiger partial charge >= 0.3 is 5.97 Å². The standard InChI is InChI=1S/C19H18ClNO4/c1-12(19(24)15-5-7-16(20)8-6-15)25-18(23)11-14-3-9-17(10-4-14)21-13(2)22/h3-10,12H,11H2,1-2H3,(H,21,22)/t12-/m1/s1. The first-order valence-corrected chi connectivity index (χ1v) is 8.09. The number of hydrogen-bond donors (Lipinski definition) is 1. The van der Waals surface area contributed by atoms with E-state index in [1.54, 1.807) is 48.5 Å². The summed E-state index contributed by atoms with van der Waals surface area (Å²) in [6.07, 6.45) is -0.842. The van der Waals surface area contributed by atoms with Gasteiger partial charge in [-0.1, -0.05) is 23.7 Å². The van der Waals surface area contributed by atoms with Crippen LogP contribution in [0.25, 0.3) is 0 Å². The largest absolute Gasteiger partial charge is 0.454 e. The van der Waals surface area contributed by atoms with Crippen LogP contribution in [-0.2, 0) is 20.7 Å². The van der Waals surface area contributed by atoms with Crippen molar-refractivity contribution in [3.05, 3.63) is 64.7 Å². The zero-order chi connectivity index (χ0) is 18.4. The topological polar surface area (TPSA) is 72.5 Å². The molecule has 0 radical (unpaired) electrons. The fourth-order valence-electron chi connectivity index (χ4n) is 2.22. The third-order valence-electron chi connectivity index (χ3n) is 3.43. The zero-order valence-electron chi connectivity index (χ0n) is 13.9. The van der Waals surface area contributed by atoms with Crippen molar-refractivity contribution in [2.75, 3.05) is 5.32 Å². The number of nitrogens with one attached hydrogen (secondary N) is 1. The molecule has 6 heteroatoms. The molecule has 0 aliphatic carbocycles. The van der Waals surface area contributed by atoms with Gasteiger partial charge in [0.05, 0.1) is 6.42 Å². The number of carbonyl (C=O) groups excluding carboxylic acids is 3. The number of amides is 1. The monoisotopic (exact) mass is 359 g/mol. The van der Waals surface area contributed by atoms with Crippen LogP contribution in [0.4, 0.5) is 5.69 Å². The van der Waals surface area contributed by atoms with Crippen LogP contribution >= 0.6 is 11.6 Å². The smallest absolute Gasteiger partial charge is 0.310 e. The number of carbonyl (C=O) groups is 3. The van der Waals surface area contributed by atoms with Gasteiger partial charge < -0.3 is 10.1 Å². The highest BCUT2D eigenvalue weighted by atomic mass is 35.5. The Bertz CT molecular complexity index is 769. The second-order valence-electron chi connectivity index (χ2n) is 5.56. The van der Waals surface area contributed by atoms with Gasteiger partial charge in [0.1, 0.15) is 0 Å². The molecule has 25 heavy (non-hydrogen) atoms. The van der Waals surface area contributed by atoms with Crippen molar-refractivity contribution >= 4 is 34.9 Å². The summed E-state index contributed by atoms with van der Waals surface area (Å²) in [6.45, 7) is 2.96. The van der Waals surface area contributed by atoms with E-state index in [2.05, 4.69) is 5.32 Å². The van der Waals surface area contributed by atoms with Crippen molar-refractivity contribution in [2.24, 2.45) is 0 Å². The van der Waals surface area contributed by atoms with Crippen molar-refractivity contribution in [1.82, 2.24) is 0 Å². The minimum absolute atomic E-state index is 0.0403. The van der Waals surface area contributed by atoms with E-state index in [4.69, 9.17) is 16.3 Å². The molecule has 0 unspecified atom stereocenters. The van der Waals surface area contributed by atoms with Gasteiger partial charge in [0, 0.05) is 23.2 Å². The van der Waals surface area contributed by atoms with E-state index in [9.17, 15) is 14.4 Å². The van der Waals surface area contributed by atoms with Crippen LogP contribution in [0.1, 0.15) is 29.8 Å². The summed E-state index contributed by atoms with van der Waals surface area (Å²) in [5.74, 6) is -0.949. The third kappa shape index (κ3) is 5.72. The maximum absolute atomic E-state index is 12.2. The number of rotatable bonds is 6. The molecule has 0 spiro atoms. The molecule has 1 N–H and O–H groups in total. The first-order valence-electron chi connectivity index (χ1n) is 7.71. The van der Waals surface area contributed by atoms with Crippen LogP contribution < -0.4 is 5.32 Å². The number of esters is 1. The highest BCUT2D eigenvalue weighted by Gasteiger charge is 2.19. The van der Waals surface area contributed by atoms with Crippen molar-refractivity contribution in [3.63, 3.8) is 0 Å². The predicted octanol–water partition coefficient (Wildman–Crippen LogP) is 3.66. The summed E-state index contributed by atoms with van der Waals surface area (Å²) in [4.78, 5) is 35.2. The van der Waals surface area contributed by atoms with Gasteiger partial charge in [0.25, 0.3) is 0 Å². The molecule has 0 aliphatic heterocycles.